The fourth-order valence-corrected chi connectivity index (χ4v) is 3.00. The Morgan fingerprint density at radius 1 is 1.27 bits per heavy atom. The van der Waals surface area contributed by atoms with Crippen LogP contribution in [0.25, 0.3) is 0 Å². The molecule has 0 aliphatic rings. The molecule has 1 aromatic heterocycles. The lowest BCUT2D eigenvalue weighted by Crippen LogP contribution is -2.41. The van der Waals surface area contributed by atoms with Crippen molar-refractivity contribution in [2.75, 3.05) is 5.32 Å². The fraction of sp³-hybridized carbons (Fsp3) is 0.250. The summed E-state index contributed by atoms with van der Waals surface area (Å²) in [6.07, 6.45) is 1.33. The SMILES string of the molecule is Cc1ccc(Nc2nc(Cl)c(/C=N/NC(=O)C(=O)NC(C)C)s2)cc1Cl. The average Bonchev–Trinajstić information content (AvgIpc) is 2.90. The van der Waals surface area contributed by atoms with Gasteiger partial charge in [-0.25, -0.2) is 10.4 Å². The normalized spacial score (nSPS) is 11.0. The lowest BCUT2D eigenvalue weighted by atomic mass is 10.2. The molecule has 0 unspecified atom stereocenters. The molecule has 0 atom stereocenters. The van der Waals surface area contributed by atoms with Gasteiger partial charge in [-0.05, 0) is 38.5 Å². The third-order valence-corrected chi connectivity index (χ3v) is 4.72. The first-order valence-corrected chi connectivity index (χ1v) is 9.17. The van der Waals surface area contributed by atoms with E-state index < -0.39 is 11.8 Å². The highest BCUT2D eigenvalue weighted by Crippen LogP contribution is 2.29. The number of aromatic nitrogens is 1. The van der Waals surface area contributed by atoms with E-state index in [1.807, 2.05) is 19.1 Å². The number of rotatable bonds is 5. The van der Waals surface area contributed by atoms with Crippen LogP contribution in [-0.4, -0.2) is 29.1 Å². The second kappa shape index (κ2) is 8.98. The Morgan fingerprint density at radius 2 is 2.00 bits per heavy atom. The van der Waals surface area contributed by atoms with Gasteiger partial charge in [0, 0.05) is 16.8 Å². The molecule has 0 spiro atoms. The van der Waals surface area contributed by atoms with Crippen molar-refractivity contribution in [3.8, 4) is 0 Å². The van der Waals surface area contributed by atoms with Gasteiger partial charge < -0.3 is 10.6 Å². The van der Waals surface area contributed by atoms with E-state index in [0.29, 0.717) is 15.0 Å². The molecule has 0 saturated heterocycles. The summed E-state index contributed by atoms with van der Waals surface area (Å²) in [5.41, 5.74) is 3.88. The molecule has 10 heteroatoms. The number of benzene rings is 1. The fourth-order valence-electron chi connectivity index (χ4n) is 1.77. The second-order valence-corrected chi connectivity index (χ2v) is 7.39. The van der Waals surface area contributed by atoms with Crippen LogP contribution in [0.2, 0.25) is 10.2 Å². The molecule has 1 heterocycles. The number of carbonyl (C=O) groups excluding carboxylic acids is 2. The Kier molecular flexibility index (Phi) is 6.96. The molecule has 2 rings (SSSR count). The maximum Gasteiger partial charge on any atom is 0.329 e. The lowest BCUT2D eigenvalue weighted by molar-refractivity contribution is -0.139. The molecule has 2 amide bonds. The van der Waals surface area contributed by atoms with Gasteiger partial charge in [-0.2, -0.15) is 5.10 Å². The highest BCUT2D eigenvalue weighted by Gasteiger charge is 2.13. The second-order valence-electron chi connectivity index (χ2n) is 5.59. The van der Waals surface area contributed by atoms with Crippen molar-refractivity contribution in [1.29, 1.82) is 0 Å². The molecule has 0 fully saturated rings. The van der Waals surface area contributed by atoms with E-state index in [2.05, 4.69) is 26.1 Å². The number of nitrogens with zero attached hydrogens (tertiary/aromatic N) is 2. The Morgan fingerprint density at radius 3 is 2.65 bits per heavy atom. The highest BCUT2D eigenvalue weighted by molar-refractivity contribution is 7.17. The monoisotopic (exact) mass is 413 g/mol. The van der Waals surface area contributed by atoms with Crippen molar-refractivity contribution < 1.29 is 9.59 Å². The van der Waals surface area contributed by atoms with E-state index >= 15 is 0 Å². The van der Waals surface area contributed by atoms with Gasteiger partial charge >= 0.3 is 11.8 Å². The minimum absolute atomic E-state index is 0.142. The molecule has 1 aromatic carbocycles. The summed E-state index contributed by atoms with van der Waals surface area (Å²) in [6, 6.07) is 5.41. The number of amides is 2. The van der Waals surface area contributed by atoms with Crippen molar-refractivity contribution in [2.45, 2.75) is 26.8 Å². The number of hydrogen-bond donors (Lipinski definition) is 3. The Labute approximate surface area is 164 Å². The Bertz CT molecular complexity index is 851. The van der Waals surface area contributed by atoms with Crippen LogP contribution in [0.3, 0.4) is 0 Å². The molecule has 0 aliphatic carbocycles. The smallest absolute Gasteiger partial charge is 0.329 e. The summed E-state index contributed by atoms with van der Waals surface area (Å²) in [5.74, 6) is -1.62. The molecule has 0 bridgehead atoms. The average molecular weight is 414 g/mol. The summed E-state index contributed by atoms with van der Waals surface area (Å²) in [4.78, 5) is 27.7. The maximum atomic E-state index is 11.6. The molecule has 138 valence electrons. The number of thiazole rings is 1. The number of hydrazone groups is 1. The molecule has 26 heavy (non-hydrogen) atoms. The van der Waals surface area contributed by atoms with Crippen molar-refractivity contribution in [1.82, 2.24) is 15.7 Å². The molecule has 7 nitrogen and oxygen atoms in total. The summed E-state index contributed by atoms with van der Waals surface area (Å²) in [7, 11) is 0. The number of halogens is 2. The van der Waals surface area contributed by atoms with Gasteiger partial charge in [0.2, 0.25) is 0 Å². The van der Waals surface area contributed by atoms with Crippen LogP contribution in [0.15, 0.2) is 23.3 Å². The zero-order chi connectivity index (χ0) is 19.3. The van der Waals surface area contributed by atoms with Crippen LogP contribution in [0, 0.1) is 6.92 Å². The number of hydrogen-bond acceptors (Lipinski definition) is 6. The van der Waals surface area contributed by atoms with Gasteiger partial charge in [0.15, 0.2) is 10.3 Å². The molecule has 0 saturated carbocycles. The van der Waals surface area contributed by atoms with E-state index in [9.17, 15) is 9.59 Å². The first kappa shape index (κ1) is 20.2. The molecule has 2 aromatic rings. The van der Waals surface area contributed by atoms with E-state index in [0.717, 1.165) is 11.3 Å². The molecular weight excluding hydrogens is 397 g/mol. The van der Waals surface area contributed by atoms with E-state index in [-0.39, 0.29) is 11.2 Å². The summed E-state index contributed by atoms with van der Waals surface area (Å²) < 4.78 is 0. The van der Waals surface area contributed by atoms with E-state index in [1.54, 1.807) is 19.9 Å². The standard InChI is InChI=1S/C16H17Cl2N5O2S/c1-8(2)20-14(24)15(25)23-19-7-12-13(18)22-16(26-12)21-10-5-4-9(3)11(17)6-10/h4-8H,1-3H3,(H,20,24)(H,21,22)(H,23,25)/b19-7+. The molecule has 0 radical (unpaired) electrons. The first-order chi connectivity index (χ1) is 12.3. The minimum atomic E-state index is -0.858. The zero-order valence-corrected chi connectivity index (χ0v) is 16.6. The van der Waals surface area contributed by atoms with Crippen molar-refractivity contribution in [3.63, 3.8) is 0 Å². The molecule has 3 N–H and O–H groups in total. The topological polar surface area (TPSA) is 95.5 Å². The predicted octanol–water partition coefficient (Wildman–Crippen LogP) is 3.48. The summed E-state index contributed by atoms with van der Waals surface area (Å²) >= 11 is 13.4. The van der Waals surface area contributed by atoms with Gasteiger partial charge in [-0.15, -0.1) is 0 Å². The van der Waals surface area contributed by atoms with Crippen LogP contribution in [-0.2, 0) is 9.59 Å². The molecular formula is C16H17Cl2N5O2S. The third-order valence-electron chi connectivity index (χ3n) is 3.01. The third kappa shape index (κ3) is 5.69. The van der Waals surface area contributed by atoms with Crippen LogP contribution in [0.1, 0.15) is 24.3 Å². The van der Waals surface area contributed by atoms with Gasteiger partial charge in [0.25, 0.3) is 0 Å². The Hall–Kier alpha value is -2.16. The number of carbonyl (C=O) groups is 2. The van der Waals surface area contributed by atoms with Gasteiger partial charge in [0.1, 0.15) is 0 Å². The minimum Gasteiger partial charge on any atom is -0.346 e. The first-order valence-electron chi connectivity index (χ1n) is 7.59. The van der Waals surface area contributed by atoms with E-state index in [4.69, 9.17) is 23.2 Å². The quantitative estimate of drug-likeness (QED) is 0.397. The van der Waals surface area contributed by atoms with Gasteiger partial charge in [-0.1, -0.05) is 40.6 Å². The number of anilines is 2. The van der Waals surface area contributed by atoms with Crippen molar-refractivity contribution in [3.05, 3.63) is 38.8 Å². The van der Waals surface area contributed by atoms with Gasteiger partial charge in [0.05, 0.1) is 11.1 Å². The lowest BCUT2D eigenvalue weighted by Gasteiger charge is -2.05. The maximum absolute atomic E-state index is 11.6. The summed E-state index contributed by atoms with van der Waals surface area (Å²) in [5, 5.41) is 10.7. The summed E-state index contributed by atoms with van der Waals surface area (Å²) in [6.45, 7) is 5.42. The van der Waals surface area contributed by atoms with E-state index in [1.165, 1.54) is 17.6 Å². The number of nitrogens with one attached hydrogen (secondary N) is 3. The molecule has 0 aliphatic heterocycles. The Balaban J connectivity index is 2.00. The van der Waals surface area contributed by atoms with Crippen molar-refractivity contribution >= 4 is 63.4 Å². The zero-order valence-electron chi connectivity index (χ0n) is 14.3. The van der Waals surface area contributed by atoms with Crippen LogP contribution in [0.5, 0.6) is 0 Å². The van der Waals surface area contributed by atoms with Crippen LogP contribution >= 0.6 is 34.5 Å². The largest absolute Gasteiger partial charge is 0.346 e. The van der Waals surface area contributed by atoms with Gasteiger partial charge in [-0.3, -0.25) is 9.59 Å². The van der Waals surface area contributed by atoms with Crippen molar-refractivity contribution in [2.24, 2.45) is 5.10 Å². The highest BCUT2D eigenvalue weighted by atomic mass is 35.5. The van der Waals surface area contributed by atoms with Crippen LogP contribution in [0.4, 0.5) is 10.8 Å². The number of aryl methyl sites for hydroxylation is 1. The predicted molar refractivity (Wildman–Crippen MR) is 106 cm³/mol. The van der Waals surface area contributed by atoms with Crippen LogP contribution < -0.4 is 16.1 Å².